The maximum Gasteiger partial charge on any atom is 0.145 e. The van der Waals surface area contributed by atoms with Gasteiger partial charge in [-0.15, -0.1) is 0 Å². The Hall–Kier alpha value is -1.77. The number of ether oxygens (including phenoxy) is 1. The van der Waals surface area contributed by atoms with Gasteiger partial charge in [0.1, 0.15) is 11.3 Å². The number of hydrogen-bond donors (Lipinski definition) is 1. The SMILES string of the molecule is CCCC(C)COc1ccc(N)c2cccnc12. The zero-order valence-corrected chi connectivity index (χ0v) is 11.0. The third-order valence-corrected chi connectivity index (χ3v) is 3.07. The van der Waals surface area contributed by atoms with Crippen molar-refractivity contribution in [2.75, 3.05) is 12.3 Å². The van der Waals surface area contributed by atoms with Crippen LogP contribution in [0.5, 0.6) is 5.75 Å². The molecule has 0 fully saturated rings. The van der Waals surface area contributed by atoms with Crippen LogP contribution in [0.15, 0.2) is 30.5 Å². The quantitative estimate of drug-likeness (QED) is 0.817. The molecule has 18 heavy (non-hydrogen) atoms. The van der Waals surface area contributed by atoms with E-state index in [4.69, 9.17) is 10.5 Å². The summed E-state index contributed by atoms with van der Waals surface area (Å²) in [4.78, 5) is 4.36. The van der Waals surface area contributed by atoms with Crippen LogP contribution in [0.2, 0.25) is 0 Å². The summed E-state index contributed by atoms with van der Waals surface area (Å²) in [5, 5.41) is 0.957. The van der Waals surface area contributed by atoms with Crippen LogP contribution in [-0.2, 0) is 0 Å². The molecule has 1 heterocycles. The molecule has 1 aromatic carbocycles. The van der Waals surface area contributed by atoms with Crippen molar-refractivity contribution in [2.24, 2.45) is 5.92 Å². The Morgan fingerprint density at radius 1 is 1.33 bits per heavy atom. The average Bonchev–Trinajstić information content (AvgIpc) is 2.39. The molecule has 0 radical (unpaired) electrons. The van der Waals surface area contributed by atoms with E-state index in [1.54, 1.807) is 6.20 Å². The fourth-order valence-corrected chi connectivity index (χ4v) is 2.09. The van der Waals surface area contributed by atoms with Crippen LogP contribution >= 0.6 is 0 Å². The molecular formula is C15H20N2O. The van der Waals surface area contributed by atoms with Crippen LogP contribution < -0.4 is 10.5 Å². The number of pyridine rings is 1. The fourth-order valence-electron chi connectivity index (χ4n) is 2.09. The van der Waals surface area contributed by atoms with Crippen molar-refractivity contribution in [1.82, 2.24) is 4.98 Å². The molecule has 2 N–H and O–H groups in total. The largest absolute Gasteiger partial charge is 0.491 e. The summed E-state index contributed by atoms with van der Waals surface area (Å²) in [5.41, 5.74) is 7.52. The Bertz CT molecular complexity index is 525. The number of rotatable bonds is 5. The van der Waals surface area contributed by atoms with Crippen LogP contribution in [0.4, 0.5) is 5.69 Å². The number of nitrogens with zero attached hydrogens (tertiary/aromatic N) is 1. The van der Waals surface area contributed by atoms with E-state index < -0.39 is 0 Å². The normalized spacial score (nSPS) is 12.6. The molecule has 96 valence electrons. The molecule has 0 aliphatic heterocycles. The van der Waals surface area contributed by atoms with E-state index in [0.29, 0.717) is 5.92 Å². The van der Waals surface area contributed by atoms with Crippen molar-refractivity contribution in [1.29, 1.82) is 0 Å². The van der Waals surface area contributed by atoms with Gasteiger partial charge in [0, 0.05) is 17.3 Å². The minimum Gasteiger partial charge on any atom is -0.491 e. The Balaban J connectivity index is 2.21. The second-order valence-corrected chi connectivity index (χ2v) is 4.76. The van der Waals surface area contributed by atoms with Crippen LogP contribution in [0, 0.1) is 5.92 Å². The molecule has 0 aliphatic carbocycles. The average molecular weight is 244 g/mol. The topological polar surface area (TPSA) is 48.1 Å². The van der Waals surface area contributed by atoms with Gasteiger partial charge >= 0.3 is 0 Å². The van der Waals surface area contributed by atoms with Gasteiger partial charge in [-0.25, -0.2) is 0 Å². The van der Waals surface area contributed by atoms with Gasteiger partial charge in [-0.3, -0.25) is 4.98 Å². The highest BCUT2D eigenvalue weighted by Gasteiger charge is 2.08. The fraction of sp³-hybridized carbons (Fsp3) is 0.400. The number of hydrogen-bond acceptors (Lipinski definition) is 3. The number of fused-ring (bicyclic) bond motifs is 1. The first kappa shape index (κ1) is 12.7. The van der Waals surface area contributed by atoms with Gasteiger partial charge in [0.25, 0.3) is 0 Å². The van der Waals surface area contributed by atoms with Crippen LogP contribution in [0.25, 0.3) is 10.9 Å². The molecule has 2 rings (SSSR count). The maximum atomic E-state index is 5.93. The van der Waals surface area contributed by atoms with Crippen molar-refractivity contribution in [3.63, 3.8) is 0 Å². The smallest absolute Gasteiger partial charge is 0.145 e. The summed E-state index contributed by atoms with van der Waals surface area (Å²) in [6.45, 7) is 5.12. The number of anilines is 1. The second-order valence-electron chi connectivity index (χ2n) is 4.76. The number of benzene rings is 1. The molecule has 0 bridgehead atoms. The van der Waals surface area contributed by atoms with Gasteiger partial charge in [0.15, 0.2) is 0 Å². The number of nitrogens with two attached hydrogens (primary N) is 1. The molecule has 1 aromatic heterocycles. The second kappa shape index (κ2) is 5.71. The van der Waals surface area contributed by atoms with Crippen LogP contribution in [-0.4, -0.2) is 11.6 Å². The first-order valence-electron chi connectivity index (χ1n) is 6.48. The van der Waals surface area contributed by atoms with E-state index in [0.717, 1.165) is 28.9 Å². The lowest BCUT2D eigenvalue weighted by molar-refractivity contribution is 0.254. The van der Waals surface area contributed by atoms with Crippen molar-refractivity contribution in [3.05, 3.63) is 30.5 Å². The number of aromatic nitrogens is 1. The molecule has 2 aromatic rings. The van der Waals surface area contributed by atoms with Gasteiger partial charge < -0.3 is 10.5 Å². The van der Waals surface area contributed by atoms with E-state index in [9.17, 15) is 0 Å². The molecule has 0 spiro atoms. The molecule has 1 unspecified atom stereocenters. The van der Waals surface area contributed by atoms with Gasteiger partial charge in [-0.1, -0.05) is 20.3 Å². The Labute approximate surface area is 108 Å². The van der Waals surface area contributed by atoms with E-state index in [1.165, 1.54) is 12.8 Å². The highest BCUT2D eigenvalue weighted by atomic mass is 16.5. The zero-order valence-electron chi connectivity index (χ0n) is 11.0. The highest BCUT2D eigenvalue weighted by molar-refractivity contribution is 5.94. The third kappa shape index (κ3) is 2.73. The zero-order chi connectivity index (χ0) is 13.0. The first-order valence-corrected chi connectivity index (χ1v) is 6.48. The lowest BCUT2D eigenvalue weighted by Gasteiger charge is -2.13. The van der Waals surface area contributed by atoms with Gasteiger partial charge in [0.2, 0.25) is 0 Å². The lowest BCUT2D eigenvalue weighted by atomic mass is 10.1. The summed E-state index contributed by atoms with van der Waals surface area (Å²) in [6.07, 6.45) is 4.13. The predicted molar refractivity (Wildman–Crippen MR) is 75.7 cm³/mol. The minimum atomic E-state index is 0.561. The van der Waals surface area contributed by atoms with Crippen molar-refractivity contribution >= 4 is 16.6 Å². The van der Waals surface area contributed by atoms with Crippen LogP contribution in [0.1, 0.15) is 26.7 Å². The van der Waals surface area contributed by atoms with E-state index in [-0.39, 0.29) is 0 Å². The minimum absolute atomic E-state index is 0.561. The first-order chi connectivity index (χ1) is 8.72. The maximum absolute atomic E-state index is 5.93. The summed E-state index contributed by atoms with van der Waals surface area (Å²) in [6, 6.07) is 7.65. The molecule has 0 amide bonds. The summed E-state index contributed by atoms with van der Waals surface area (Å²) >= 11 is 0. The van der Waals surface area contributed by atoms with Crippen molar-refractivity contribution < 1.29 is 4.74 Å². The monoisotopic (exact) mass is 244 g/mol. The van der Waals surface area contributed by atoms with E-state index in [1.807, 2.05) is 24.3 Å². The van der Waals surface area contributed by atoms with Crippen LogP contribution in [0.3, 0.4) is 0 Å². The predicted octanol–water partition coefficient (Wildman–Crippen LogP) is 3.63. The third-order valence-electron chi connectivity index (χ3n) is 3.07. The Morgan fingerprint density at radius 2 is 2.17 bits per heavy atom. The molecule has 0 aliphatic rings. The molecular weight excluding hydrogens is 224 g/mol. The highest BCUT2D eigenvalue weighted by Crippen LogP contribution is 2.28. The van der Waals surface area contributed by atoms with Gasteiger partial charge in [-0.05, 0) is 36.6 Å². The summed E-state index contributed by atoms with van der Waals surface area (Å²) in [5.74, 6) is 1.38. The lowest BCUT2D eigenvalue weighted by Crippen LogP contribution is -2.08. The Kier molecular flexibility index (Phi) is 4.03. The van der Waals surface area contributed by atoms with Gasteiger partial charge in [-0.2, -0.15) is 0 Å². The molecule has 0 saturated heterocycles. The number of nitrogen functional groups attached to an aromatic ring is 1. The van der Waals surface area contributed by atoms with Gasteiger partial charge in [0.05, 0.1) is 6.61 Å². The van der Waals surface area contributed by atoms with E-state index >= 15 is 0 Å². The molecule has 1 atom stereocenters. The standard InChI is InChI=1S/C15H20N2O/c1-3-5-11(2)10-18-14-8-7-13(16)12-6-4-9-17-15(12)14/h4,6-9,11H,3,5,10,16H2,1-2H3. The molecule has 3 heteroatoms. The molecule has 0 saturated carbocycles. The summed E-state index contributed by atoms with van der Waals surface area (Å²) < 4.78 is 5.87. The summed E-state index contributed by atoms with van der Waals surface area (Å²) in [7, 11) is 0. The van der Waals surface area contributed by atoms with Crippen molar-refractivity contribution in [2.45, 2.75) is 26.7 Å². The van der Waals surface area contributed by atoms with Crippen molar-refractivity contribution in [3.8, 4) is 5.75 Å². The Morgan fingerprint density at radius 3 is 2.94 bits per heavy atom. The van der Waals surface area contributed by atoms with E-state index in [2.05, 4.69) is 18.8 Å². The molecule has 3 nitrogen and oxygen atoms in total.